The highest BCUT2D eigenvalue weighted by atomic mass is 17.1. The van der Waals surface area contributed by atoms with Gasteiger partial charge in [-0.05, 0) is 116 Å². The summed E-state index contributed by atoms with van der Waals surface area (Å²) in [4.78, 5) is 4.59. The number of aliphatic hydroxyl groups is 4. The molecule has 12 atom stereocenters. The van der Waals surface area contributed by atoms with Gasteiger partial charge in [-0.15, -0.1) is 0 Å². The standard InChI is InChI=1S/C30H52O6/c1-17(2)19(36-35)10-16-30(8,34)18-9-14-28(6)22(18)23(32)24(33)25-27(5)13-12-21(31)26(3,4)20(27)11-15-29(25,28)7/h18-25,31-35H,1,9-16H2,2-8H3/t18-,19+,20-,21+,22-,23-,24+,25+,27-,28+,29+,30-/m0/s1. The van der Waals surface area contributed by atoms with Crippen molar-refractivity contribution in [3.8, 4) is 0 Å². The van der Waals surface area contributed by atoms with Crippen molar-refractivity contribution in [2.24, 2.45) is 45.3 Å². The normalized spacial score (nSPS) is 50.4. The Morgan fingerprint density at radius 1 is 0.972 bits per heavy atom. The first kappa shape index (κ1) is 28.5. The Bertz CT molecular complexity index is 854. The van der Waals surface area contributed by atoms with E-state index in [1.807, 2.05) is 6.92 Å². The van der Waals surface area contributed by atoms with Gasteiger partial charge >= 0.3 is 0 Å². The number of aliphatic hydroxyl groups excluding tert-OH is 3. The van der Waals surface area contributed by atoms with E-state index in [0.717, 1.165) is 38.5 Å². The van der Waals surface area contributed by atoms with Crippen LogP contribution in [-0.2, 0) is 4.89 Å². The molecule has 0 unspecified atom stereocenters. The van der Waals surface area contributed by atoms with Gasteiger partial charge in [0.25, 0.3) is 0 Å². The van der Waals surface area contributed by atoms with Crippen molar-refractivity contribution in [2.75, 3.05) is 0 Å². The van der Waals surface area contributed by atoms with E-state index in [1.165, 1.54) is 0 Å². The molecule has 208 valence electrons. The van der Waals surface area contributed by atoms with Crippen molar-refractivity contribution in [3.05, 3.63) is 12.2 Å². The van der Waals surface area contributed by atoms with Crippen LogP contribution in [0.4, 0.5) is 0 Å². The fraction of sp³-hybridized carbons (Fsp3) is 0.933. The fourth-order valence-corrected chi connectivity index (χ4v) is 10.5. The van der Waals surface area contributed by atoms with Gasteiger partial charge in [-0.25, -0.2) is 4.89 Å². The number of rotatable bonds is 6. The summed E-state index contributed by atoms with van der Waals surface area (Å²) < 4.78 is 0. The number of hydrogen-bond acceptors (Lipinski definition) is 6. The van der Waals surface area contributed by atoms with Gasteiger partial charge in [-0.2, -0.15) is 0 Å². The molecule has 4 rings (SSSR count). The highest BCUT2D eigenvalue weighted by molar-refractivity contribution is 5.22. The van der Waals surface area contributed by atoms with E-state index in [9.17, 15) is 25.7 Å². The van der Waals surface area contributed by atoms with Gasteiger partial charge in [0.15, 0.2) is 0 Å². The fourth-order valence-electron chi connectivity index (χ4n) is 10.5. The predicted octanol–water partition coefficient (Wildman–Crippen LogP) is 4.94. The minimum atomic E-state index is -1.07. The molecule has 5 N–H and O–H groups in total. The maximum Gasteiger partial charge on any atom is 0.113 e. The van der Waals surface area contributed by atoms with E-state index in [1.54, 1.807) is 6.92 Å². The monoisotopic (exact) mass is 508 g/mol. The number of fused-ring (bicyclic) bond motifs is 5. The average Bonchev–Trinajstić information content (AvgIpc) is 3.15. The van der Waals surface area contributed by atoms with Crippen LogP contribution in [0.15, 0.2) is 12.2 Å². The molecule has 4 aliphatic carbocycles. The molecule has 0 aromatic heterocycles. The summed E-state index contributed by atoms with van der Waals surface area (Å²) in [5, 5.41) is 55.6. The van der Waals surface area contributed by atoms with Gasteiger partial charge in [0.1, 0.15) is 6.10 Å². The summed E-state index contributed by atoms with van der Waals surface area (Å²) in [6.07, 6.45) is 3.44. The minimum absolute atomic E-state index is 0.0638. The first-order valence-corrected chi connectivity index (χ1v) is 14.2. The maximum atomic E-state index is 11.9. The second-order valence-electron chi connectivity index (χ2n) is 14.8. The van der Waals surface area contributed by atoms with Gasteiger partial charge in [0.2, 0.25) is 0 Å². The van der Waals surface area contributed by atoms with Crippen LogP contribution in [0.3, 0.4) is 0 Å². The van der Waals surface area contributed by atoms with Crippen LogP contribution in [0.2, 0.25) is 0 Å². The molecule has 0 aromatic rings. The highest BCUT2D eigenvalue weighted by Crippen LogP contribution is 2.75. The lowest BCUT2D eigenvalue weighted by atomic mass is 9.34. The topological polar surface area (TPSA) is 110 Å². The molecule has 36 heavy (non-hydrogen) atoms. The molecular formula is C30H52O6. The molecule has 6 nitrogen and oxygen atoms in total. The lowest BCUT2D eigenvalue weighted by Gasteiger charge is -2.71. The van der Waals surface area contributed by atoms with Gasteiger partial charge in [0, 0.05) is 0 Å². The minimum Gasteiger partial charge on any atom is -0.393 e. The molecule has 4 fully saturated rings. The van der Waals surface area contributed by atoms with E-state index in [4.69, 9.17) is 0 Å². The summed E-state index contributed by atoms with van der Waals surface area (Å²) in [6, 6.07) is 0. The summed E-state index contributed by atoms with van der Waals surface area (Å²) in [5.41, 5.74) is -1.17. The zero-order valence-corrected chi connectivity index (χ0v) is 23.6. The van der Waals surface area contributed by atoms with Crippen molar-refractivity contribution in [3.63, 3.8) is 0 Å². The zero-order chi connectivity index (χ0) is 27.1. The van der Waals surface area contributed by atoms with E-state index >= 15 is 0 Å². The first-order valence-electron chi connectivity index (χ1n) is 14.2. The summed E-state index contributed by atoms with van der Waals surface area (Å²) in [6.45, 7) is 18.8. The van der Waals surface area contributed by atoms with Crippen LogP contribution in [0.5, 0.6) is 0 Å². The van der Waals surface area contributed by atoms with Crippen molar-refractivity contribution >= 4 is 0 Å². The van der Waals surface area contributed by atoms with E-state index in [2.05, 4.69) is 46.1 Å². The number of hydrogen-bond donors (Lipinski definition) is 5. The molecular weight excluding hydrogens is 456 g/mol. The third-order valence-electron chi connectivity index (χ3n) is 12.8. The van der Waals surface area contributed by atoms with Crippen LogP contribution in [-0.4, -0.2) is 55.7 Å². The van der Waals surface area contributed by atoms with Crippen molar-refractivity contribution in [1.29, 1.82) is 0 Å². The Morgan fingerprint density at radius 3 is 2.17 bits per heavy atom. The van der Waals surface area contributed by atoms with Crippen molar-refractivity contribution in [2.45, 2.75) is 130 Å². The first-order chi connectivity index (χ1) is 16.5. The summed E-state index contributed by atoms with van der Waals surface area (Å²) >= 11 is 0. The van der Waals surface area contributed by atoms with Gasteiger partial charge in [-0.3, -0.25) is 5.26 Å². The van der Waals surface area contributed by atoms with Crippen LogP contribution < -0.4 is 0 Å². The summed E-state index contributed by atoms with van der Waals surface area (Å²) in [7, 11) is 0. The Kier molecular flexibility index (Phi) is 7.15. The summed E-state index contributed by atoms with van der Waals surface area (Å²) in [5.74, 6) is -0.160. The van der Waals surface area contributed by atoms with Crippen LogP contribution in [0, 0.1) is 45.3 Å². The lowest BCUT2D eigenvalue weighted by Crippen LogP contribution is -2.71. The van der Waals surface area contributed by atoms with Crippen LogP contribution in [0.25, 0.3) is 0 Å². The third kappa shape index (κ3) is 3.80. The quantitative estimate of drug-likeness (QED) is 0.197. The van der Waals surface area contributed by atoms with E-state index in [-0.39, 0.29) is 51.4 Å². The molecule has 4 saturated carbocycles. The lowest BCUT2D eigenvalue weighted by molar-refractivity contribution is -0.285. The molecule has 0 heterocycles. The smallest absolute Gasteiger partial charge is 0.113 e. The molecule has 0 bridgehead atoms. The Morgan fingerprint density at radius 2 is 1.58 bits per heavy atom. The Balaban J connectivity index is 1.68. The van der Waals surface area contributed by atoms with Crippen molar-refractivity contribution < 1.29 is 30.6 Å². The van der Waals surface area contributed by atoms with E-state index < -0.39 is 23.9 Å². The Labute approximate surface area is 218 Å². The van der Waals surface area contributed by atoms with Gasteiger partial charge in [0.05, 0.1) is 23.9 Å². The molecule has 0 spiro atoms. The predicted molar refractivity (Wildman–Crippen MR) is 140 cm³/mol. The molecule has 6 heteroatoms. The van der Waals surface area contributed by atoms with Crippen LogP contribution in [0.1, 0.15) is 99.8 Å². The molecule has 0 amide bonds. The third-order valence-corrected chi connectivity index (χ3v) is 12.8. The second-order valence-corrected chi connectivity index (χ2v) is 14.8. The Hall–Kier alpha value is -0.500. The SMILES string of the molecule is C=C(C)[C@@H](CC[C@](C)(O)[C@H]1CC[C@]2(C)[C@@H]1[C@H](O)[C@@H](O)[C@@H]1[C@@]3(C)CC[C@@H](O)C(C)(C)[C@@H]3CC[C@]12C)OO. The molecule has 0 aliphatic heterocycles. The van der Waals surface area contributed by atoms with Crippen LogP contribution >= 0.6 is 0 Å². The zero-order valence-electron chi connectivity index (χ0n) is 23.6. The average molecular weight is 509 g/mol. The van der Waals surface area contributed by atoms with E-state index in [0.29, 0.717) is 18.4 Å². The molecule has 0 saturated heterocycles. The maximum absolute atomic E-state index is 11.9. The van der Waals surface area contributed by atoms with Crippen molar-refractivity contribution in [1.82, 2.24) is 0 Å². The molecule has 4 aliphatic rings. The molecule has 0 radical (unpaired) electrons. The van der Waals surface area contributed by atoms with Gasteiger partial charge < -0.3 is 20.4 Å². The molecule has 0 aromatic carbocycles. The largest absolute Gasteiger partial charge is 0.393 e. The second kappa shape index (κ2) is 9.02. The van der Waals surface area contributed by atoms with Gasteiger partial charge in [-0.1, -0.05) is 41.2 Å². The highest BCUT2D eigenvalue weighted by Gasteiger charge is 2.73.